The van der Waals surface area contributed by atoms with Crippen molar-refractivity contribution in [3.63, 3.8) is 0 Å². The number of hydrogen-bond donors (Lipinski definition) is 1. The Morgan fingerprint density at radius 1 is 1.40 bits per heavy atom. The highest BCUT2D eigenvalue weighted by atomic mass is 127. The van der Waals surface area contributed by atoms with Crippen molar-refractivity contribution >= 4 is 51.5 Å². The summed E-state index contributed by atoms with van der Waals surface area (Å²) in [6.07, 6.45) is 6.41. The highest BCUT2D eigenvalue weighted by Crippen LogP contribution is 2.47. The van der Waals surface area contributed by atoms with Crippen molar-refractivity contribution in [2.45, 2.75) is 38.6 Å². The zero-order valence-corrected chi connectivity index (χ0v) is 16.8. The summed E-state index contributed by atoms with van der Waals surface area (Å²) in [7, 11) is 0. The van der Waals surface area contributed by atoms with Gasteiger partial charge in [-0.25, -0.2) is 4.52 Å². The largest absolute Gasteiger partial charge is 0.466 e. The zero-order chi connectivity index (χ0) is 17.6. The first-order valence-electron chi connectivity index (χ1n) is 8.71. The molecule has 0 amide bonds. The fourth-order valence-electron chi connectivity index (χ4n) is 4.44. The second-order valence-electron chi connectivity index (χ2n) is 6.84. The molecule has 1 N–H and O–H groups in total. The molecule has 0 aromatic carbocycles. The fraction of sp³-hybridized carbons (Fsp3) is 0.588. The number of carbonyl (C=O) groups is 1. The minimum atomic E-state index is -0.115. The van der Waals surface area contributed by atoms with Gasteiger partial charge in [0.05, 0.1) is 12.5 Å². The Balaban J connectivity index is 1.69. The van der Waals surface area contributed by atoms with Crippen molar-refractivity contribution in [3.05, 3.63) is 21.1 Å². The summed E-state index contributed by atoms with van der Waals surface area (Å²) in [5.41, 5.74) is 0.873. The summed E-state index contributed by atoms with van der Waals surface area (Å²) in [6.45, 7) is 2.28. The van der Waals surface area contributed by atoms with E-state index in [9.17, 15) is 4.79 Å². The summed E-state index contributed by atoms with van der Waals surface area (Å²) in [4.78, 5) is 17.0. The molecule has 2 aromatic rings. The molecule has 0 aliphatic heterocycles. The Bertz CT molecular complexity index is 803. The molecule has 0 spiro atoms. The maximum absolute atomic E-state index is 12.6. The SMILES string of the molecule is CCOC(=O)[C@@H]1C2CCC(CC2)[C@H]1Nc1nc(Cl)nn2cc(I)cc12. The van der Waals surface area contributed by atoms with E-state index in [1.54, 1.807) is 4.52 Å². The minimum Gasteiger partial charge on any atom is -0.466 e. The van der Waals surface area contributed by atoms with Gasteiger partial charge in [0, 0.05) is 15.8 Å². The second kappa shape index (κ2) is 6.90. The van der Waals surface area contributed by atoms with E-state index in [2.05, 4.69) is 38.0 Å². The van der Waals surface area contributed by atoms with E-state index in [4.69, 9.17) is 16.3 Å². The second-order valence-corrected chi connectivity index (χ2v) is 8.42. The Morgan fingerprint density at radius 2 is 2.12 bits per heavy atom. The van der Waals surface area contributed by atoms with E-state index < -0.39 is 0 Å². The molecule has 134 valence electrons. The number of ether oxygens (including phenoxy) is 1. The molecule has 5 rings (SSSR count). The lowest BCUT2D eigenvalue weighted by Crippen LogP contribution is -2.52. The molecule has 0 unspecified atom stereocenters. The normalized spacial score (nSPS) is 28.3. The molecule has 25 heavy (non-hydrogen) atoms. The summed E-state index contributed by atoms with van der Waals surface area (Å²) >= 11 is 8.34. The van der Waals surface area contributed by atoms with Gasteiger partial charge in [0.25, 0.3) is 0 Å². The van der Waals surface area contributed by atoms with Crippen LogP contribution in [0.25, 0.3) is 5.52 Å². The molecule has 2 atom stereocenters. The van der Waals surface area contributed by atoms with E-state index in [1.807, 2.05) is 19.2 Å². The number of nitrogens with one attached hydrogen (secondary N) is 1. The first-order chi connectivity index (χ1) is 12.1. The molecular weight excluding hydrogens is 455 g/mol. The van der Waals surface area contributed by atoms with Crippen LogP contribution in [0.15, 0.2) is 12.3 Å². The third kappa shape index (κ3) is 3.20. The van der Waals surface area contributed by atoms with Crippen LogP contribution in [0, 0.1) is 21.3 Å². The average molecular weight is 475 g/mol. The van der Waals surface area contributed by atoms with Crippen molar-refractivity contribution in [1.29, 1.82) is 0 Å². The molecule has 2 heterocycles. The van der Waals surface area contributed by atoms with E-state index in [1.165, 1.54) is 0 Å². The summed E-state index contributed by atoms with van der Waals surface area (Å²) in [5.74, 6) is 1.34. The van der Waals surface area contributed by atoms with E-state index >= 15 is 0 Å². The standard InChI is InChI=1S/C17H20ClIN4O2/c1-2-25-16(24)13-9-3-5-10(6-4-9)14(13)20-15-12-7-11(19)8-23(12)22-17(18)21-15/h7-10,13-14H,2-6H2,1H3,(H,20,21,22)/t9?,10?,13-,14-/m1/s1. The molecule has 3 aliphatic rings. The van der Waals surface area contributed by atoms with Crippen LogP contribution in [0.4, 0.5) is 5.82 Å². The van der Waals surface area contributed by atoms with Gasteiger partial charge in [-0.1, -0.05) is 0 Å². The quantitative estimate of drug-likeness (QED) is 0.540. The molecule has 0 saturated heterocycles. The lowest BCUT2D eigenvalue weighted by atomic mass is 9.61. The molecule has 6 nitrogen and oxygen atoms in total. The van der Waals surface area contributed by atoms with Gasteiger partial charge in [0.1, 0.15) is 5.52 Å². The van der Waals surface area contributed by atoms with Gasteiger partial charge < -0.3 is 10.1 Å². The molecule has 3 aliphatic carbocycles. The number of esters is 1. The molecule has 2 bridgehead atoms. The number of carbonyl (C=O) groups excluding carboxylic acids is 1. The van der Waals surface area contributed by atoms with Gasteiger partial charge in [-0.15, -0.1) is 5.10 Å². The number of halogens is 2. The Hall–Kier alpha value is -1.09. The number of rotatable bonds is 4. The van der Waals surface area contributed by atoms with Gasteiger partial charge in [-0.2, -0.15) is 4.98 Å². The van der Waals surface area contributed by atoms with Gasteiger partial charge in [0.15, 0.2) is 5.82 Å². The third-order valence-electron chi connectivity index (χ3n) is 5.49. The molecular formula is C17H20ClIN4O2. The summed E-state index contributed by atoms with van der Waals surface area (Å²) in [5, 5.41) is 7.95. The maximum atomic E-state index is 12.6. The van der Waals surface area contributed by atoms with Crippen LogP contribution in [0.1, 0.15) is 32.6 Å². The number of nitrogens with zero attached hydrogens (tertiary/aromatic N) is 3. The first kappa shape index (κ1) is 17.3. The smallest absolute Gasteiger partial charge is 0.311 e. The van der Waals surface area contributed by atoms with E-state index in [0.29, 0.717) is 24.3 Å². The predicted octanol–water partition coefficient (Wildman–Crippen LogP) is 3.77. The fourth-order valence-corrected chi connectivity index (χ4v) is 5.16. The average Bonchev–Trinajstić information content (AvgIpc) is 2.96. The van der Waals surface area contributed by atoms with Crippen molar-refractivity contribution < 1.29 is 9.53 Å². The first-order valence-corrected chi connectivity index (χ1v) is 10.2. The monoisotopic (exact) mass is 474 g/mol. The highest BCUT2D eigenvalue weighted by molar-refractivity contribution is 14.1. The van der Waals surface area contributed by atoms with Crippen LogP contribution in [0.2, 0.25) is 5.28 Å². The van der Waals surface area contributed by atoms with Crippen LogP contribution in [-0.2, 0) is 9.53 Å². The van der Waals surface area contributed by atoms with Crippen LogP contribution >= 0.6 is 34.2 Å². The van der Waals surface area contributed by atoms with Gasteiger partial charge in [-0.05, 0) is 84.7 Å². The maximum Gasteiger partial charge on any atom is 0.311 e. The van der Waals surface area contributed by atoms with Gasteiger partial charge in [-0.3, -0.25) is 4.79 Å². The summed E-state index contributed by atoms with van der Waals surface area (Å²) in [6, 6.07) is 2.05. The third-order valence-corrected chi connectivity index (χ3v) is 6.24. The molecule has 2 aromatic heterocycles. The molecule has 0 radical (unpaired) electrons. The van der Waals surface area contributed by atoms with Crippen LogP contribution in [-0.4, -0.2) is 33.2 Å². The summed E-state index contributed by atoms with van der Waals surface area (Å²) < 4.78 is 8.17. The van der Waals surface area contributed by atoms with Crippen LogP contribution < -0.4 is 5.32 Å². The minimum absolute atomic E-state index is 0.0360. The Kier molecular flexibility index (Phi) is 4.79. The number of aromatic nitrogens is 3. The molecule has 3 saturated carbocycles. The van der Waals surface area contributed by atoms with Gasteiger partial charge >= 0.3 is 5.97 Å². The number of hydrogen-bond acceptors (Lipinski definition) is 5. The van der Waals surface area contributed by atoms with E-state index in [0.717, 1.165) is 34.8 Å². The van der Waals surface area contributed by atoms with Gasteiger partial charge in [0.2, 0.25) is 5.28 Å². The van der Waals surface area contributed by atoms with Crippen molar-refractivity contribution in [3.8, 4) is 0 Å². The van der Waals surface area contributed by atoms with Crippen molar-refractivity contribution in [2.24, 2.45) is 17.8 Å². The highest BCUT2D eigenvalue weighted by Gasteiger charge is 2.48. The molecule has 8 heteroatoms. The van der Waals surface area contributed by atoms with E-state index in [-0.39, 0.29) is 23.2 Å². The molecule has 3 fully saturated rings. The predicted molar refractivity (Wildman–Crippen MR) is 104 cm³/mol. The van der Waals surface area contributed by atoms with Crippen molar-refractivity contribution in [2.75, 3.05) is 11.9 Å². The lowest BCUT2D eigenvalue weighted by Gasteiger charge is -2.47. The lowest BCUT2D eigenvalue weighted by molar-refractivity contribution is -0.154. The Labute approximate surface area is 164 Å². The topological polar surface area (TPSA) is 68.5 Å². The number of fused-ring (bicyclic) bond motifs is 4. The zero-order valence-electron chi connectivity index (χ0n) is 13.9. The van der Waals surface area contributed by atoms with Crippen molar-refractivity contribution in [1.82, 2.24) is 14.6 Å². The van der Waals surface area contributed by atoms with Crippen LogP contribution in [0.3, 0.4) is 0 Å². The number of anilines is 1. The Morgan fingerprint density at radius 3 is 2.84 bits per heavy atom. The van der Waals surface area contributed by atoms with Crippen LogP contribution in [0.5, 0.6) is 0 Å².